The predicted molar refractivity (Wildman–Crippen MR) is 76.7 cm³/mol. The number of rotatable bonds is 4. The molecular weight excluding hydrogens is 258 g/mol. The van der Waals surface area contributed by atoms with E-state index in [-0.39, 0.29) is 12.6 Å². The number of aromatic nitrogens is 1. The number of anilines is 1. The van der Waals surface area contributed by atoms with E-state index in [1.165, 1.54) is 4.90 Å². The second-order valence-corrected chi connectivity index (χ2v) is 4.83. The Morgan fingerprint density at radius 3 is 2.85 bits per heavy atom. The Hall–Kier alpha value is -2.50. The van der Waals surface area contributed by atoms with Crippen LogP contribution in [0.1, 0.15) is 6.92 Å². The Morgan fingerprint density at radius 2 is 2.15 bits per heavy atom. The highest BCUT2D eigenvalue weighted by molar-refractivity contribution is 5.92. The lowest BCUT2D eigenvalue weighted by atomic mass is 10.2. The van der Waals surface area contributed by atoms with Crippen LogP contribution in [0.5, 0.6) is 0 Å². The molecule has 6 nitrogen and oxygen atoms in total. The van der Waals surface area contributed by atoms with Gasteiger partial charge in [-0.15, -0.1) is 0 Å². The van der Waals surface area contributed by atoms with E-state index >= 15 is 0 Å². The second-order valence-electron chi connectivity index (χ2n) is 4.83. The number of aliphatic carboxylic acids is 1. The summed E-state index contributed by atoms with van der Waals surface area (Å²) < 4.78 is 0. The van der Waals surface area contributed by atoms with Crippen LogP contribution in [0, 0.1) is 5.92 Å². The number of carboxylic acid groups (broad SMARTS) is 1. The first kappa shape index (κ1) is 13.9. The number of amides is 2. The lowest BCUT2D eigenvalue weighted by Crippen LogP contribution is -2.36. The standard InChI is InChI=1S/C14H17N3O3/c1-9(13(18)19)8-17(2)14(20)16-11-3-4-12-10(7-11)5-6-15-12/h3-7,9,15H,8H2,1-2H3,(H,16,20)(H,18,19). The monoisotopic (exact) mass is 275 g/mol. The zero-order valence-corrected chi connectivity index (χ0v) is 11.4. The number of carbonyl (C=O) groups is 2. The summed E-state index contributed by atoms with van der Waals surface area (Å²) in [5.74, 6) is -1.52. The van der Waals surface area contributed by atoms with Gasteiger partial charge < -0.3 is 20.3 Å². The van der Waals surface area contributed by atoms with Crippen molar-refractivity contribution in [3.8, 4) is 0 Å². The molecular formula is C14H17N3O3. The molecule has 6 heteroatoms. The van der Waals surface area contributed by atoms with E-state index in [2.05, 4.69) is 10.3 Å². The fraction of sp³-hybridized carbons (Fsp3) is 0.286. The van der Waals surface area contributed by atoms with Gasteiger partial charge in [-0.3, -0.25) is 4.79 Å². The molecule has 2 amide bonds. The molecule has 3 N–H and O–H groups in total. The first-order chi connectivity index (χ1) is 9.47. The fourth-order valence-electron chi connectivity index (χ4n) is 1.92. The minimum atomic E-state index is -0.918. The number of fused-ring (bicyclic) bond motifs is 1. The van der Waals surface area contributed by atoms with E-state index in [1.807, 2.05) is 24.4 Å². The molecule has 0 spiro atoms. The van der Waals surface area contributed by atoms with Crippen LogP contribution in [0.3, 0.4) is 0 Å². The summed E-state index contributed by atoms with van der Waals surface area (Å²) in [5, 5.41) is 12.6. The molecule has 0 aliphatic carbocycles. The first-order valence-corrected chi connectivity index (χ1v) is 6.29. The van der Waals surface area contributed by atoms with Crippen LogP contribution in [0.25, 0.3) is 10.9 Å². The maximum atomic E-state index is 12.0. The lowest BCUT2D eigenvalue weighted by Gasteiger charge is -2.20. The predicted octanol–water partition coefficient (Wildman–Crippen LogP) is 2.35. The van der Waals surface area contributed by atoms with E-state index in [4.69, 9.17) is 5.11 Å². The zero-order chi connectivity index (χ0) is 14.7. The Balaban J connectivity index is 2.01. The molecule has 2 aromatic rings. The normalized spacial score (nSPS) is 12.1. The third-order valence-corrected chi connectivity index (χ3v) is 3.12. The van der Waals surface area contributed by atoms with Crippen LogP contribution < -0.4 is 5.32 Å². The minimum absolute atomic E-state index is 0.160. The molecule has 0 saturated heterocycles. The van der Waals surface area contributed by atoms with Gasteiger partial charge in [0.05, 0.1) is 5.92 Å². The third-order valence-electron chi connectivity index (χ3n) is 3.12. The SMILES string of the molecule is CC(CN(C)C(=O)Nc1ccc2[nH]ccc2c1)C(=O)O. The molecule has 1 atom stereocenters. The number of H-pyrrole nitrogens is 1. The Labute approximate surface area is 116 Å². The van der Waals surface area contributed by atoms with Crippen molar-refractivity contribution in [2.45, 2.75) is 6.92 Å². The number of nitrogens with one attached hydrogen (secondary N) is 2. The van der Waals surface area contributed by atoms with E-state index in [0.29, 0.717) is 5.69 Å². The number of benzene rings is 1. The Kier molecular flexibility index (Phi) is 3.93. The highest BCUT2D eigenvalue weighted by Crippen LogP contribution is 2.18. The number of carboxylic acids is 1. The van der Waals surface area contributed by atoms with Crippen LogP contribution in [-0.2, 0) is 4.79 Å². The van der Waals surface area contributed by atoms with Gasteiger partial charge >= 0.3 is 12.0 Å². The Morgan fingerprint density at radius 1 is 1.40 bits per heavy atom. The zero-order valence-electron chi connectivity index (χ0n) is 11.4. The van der Waals surface area contributed by atoms with Crippen molar-refractivity contribution < 1.29 is 14.7 Å². The van der Waals surface area contributed by atoms with Gasteiger partial charge in [0, 0.05) is 36.4 Å². The van der Waals surface area contributed by atoms with Crippen LogP contribution in [0.2, 0.25) is 0 Å². The Bertz CT molecular complexity index is 635. The summed E-state index contributed by atoms with van der Waals surface area (Å²) in [5.41, 5.74) is 1.67. The summed E-state index contributed by atoms with van der Waals surface area (Å²) in [6.45, 7) is 1.73. The van der Waals surface area contributed by atoms with Crippen molar-refractivity contribution in [2.75, 3.05) is 18.9 Å². The van der Waals surface area contributed by atoms with E-state index < -0.39 is 11.9 Å². The third kappa shape index (κ3) is 3.09. The lowest BCUT2D eigenvalue weighted by molar-refractivity contribution is -0.141. The van der Waals surface area contributed by atoms with Crippen LogP contribution in [0.15, 0.2) is 30.5 Å². The summed E-state index contributed by atoms with van der Waals surface area (Å²) in [6, 6.07) is 7.13. The van der Waals surface area contributed by atoms with Gasteiger partial charge in [0.1, 0.15) is 0 Å². The quantitative estimate of drug-likeness (QED) is 0.800. The highest BCUT2D eigenvalue weighted by atomic mass is 16.4. The molecule has 0 aliphatic rings. The van der Waals surface area contributed by atoms with Crippen LogP contribution >= 0.6 is 0 Å². The smallest absolute Gasteiger partial charge is 0.321 e. The molecule has 0 bridgehead atoms. The summed E-state index contributed by atoms with van der Waals surface area (Å²) in [7, 11) is 1.57. The van der Waals surface area contributed by atoms with Crippen molar-refractivity contribution in [1.82, 2.24) is 9.88 Å². The number of carbonyl (C=O) groups excluding carboxylic acids is 1. The molecule has 2 rings (SSSR count). The molecule has 20 heavy (non-hydrogen) atoms. The molecule has 0 fully saturated rings. The number of urea groups is 1. The topological polar surface area (TPSA) is 85.4 Å². The van der Waals surface area contributed by atoms with Crippen molar-refractivity contribution >= 4 is 28.6 Å². The summed E-state index contributed by atoms with van der Waals surface area (Å²) in [4.78, 5) is 27.2. The molecule has 1 unspecified atom stereocenters. The maximum absolute atomic E-state index is 12.0. The van der Waals surface area contributed by atoms with Gasteiger partial charge in [0.15, 0.2) is 0 Å². The van der Waals surface area contributed by atoms with E-state index in [0.717, 1.165) is 10.9 Å². The highest BCUT2D eigenvalue weighted by Gasteiger charge is 2.17. The van der Waals surface area contributed by atoms with E-state index in [1.54, 1.807) is 20.0 Å². The van der Waals surface area contributed by atoms with Gasteiger partial charge in [-0.05, 0) is 24.3 Å². The van der Waals surface area contributed by atoms with Gasteiger partial charge in [0.25, 0.3) is 0 Å². The van der Waals surface area contributed by atoms with Crippen molar-refractivity contribution in [2.24, 2.45) is 5.92 Å². The molecule has 0 aliphatic heterocycles. The van der Waals surface area contributed by atoms with Crippen LogP contribution in [-0.4, -0.2) is 40.6 Å². The first-order valence-electron chi connectivity index (χ1n) is 6.29. The number of hydrogen-bond donors (Lipinski definition) is 3. The molecule has 1 aromatic carbocycles. The summed E-state index contributed by atoms with van der Waals surface area (Å²) in [6.07, 6.45) is 1.83. The molecule has 1 aromatic heterocycles. The van der Waals surface area contributed by atoms with Crippen molar-refractivity contribution in [1.29, 1.82) is 0 Å². The van der Waals surface area contributed by atoms with E-state index in [9.17, 15) is 9.59 Å². The average Bonchev–Trinajstić information content (AvgIpc) is 2.85. The number of aromatic amines is 1. The second kappa shape index (κ2) is 5.64. The van der Waals surface area contributed by atoms with Gasteiger partial charge in [-0.2, -0.15) is 0 Å². The molecule has 0 radical (unpaired) electrons. The maximum Gasteiger partial charge on any atom is 0.321 e. The largest absolute Gasteiger partial charge is 0.481 e. The minimum Gasteiger partial charge on any atom is -0.481 e. The van der Waals surface area contributed by atoms with Gasteiger partial charge in [-0.1, -0.05) is 6.92 Å². The number of hydrogen-bond acceptors (Lipinski definition) is 2. The summed E-state index contributed by atoms with van der Waals surface area (Å²) >= 11 is 0. The van der Waals surface area contributed by atoms with Crippen molar-refractivity contribution in [3.05, 3.63) is 30.5 Å². The van der Waals surface area contributed by atoms with Crippen molar-refractivity contribution in [3.63, 3.8) is 0 Å². The molecule has 0 saturated carbocycles. The molecule has 106 valence electrons. The fourth-order valence-corrected chi connectivity index (χ4v) is 1.92. The molecule has 1 heterocycles. The number of nitrogens with zero attached hydrogens (tertiary/aromatic N) is 1. The van der Waals surface area contributed by atoms with Gasteiger partial charge in [0.2, 0.25) is 0 Å². The van der Waals surface area contributed by atoms with Crippen LogP contribution in [0.4, 0.5) is 10.5 Å². The van der Waals surface area contributed by atoms with Gasteiger partial charge in [-0.25, -0.2) is 4.79 Å². The average molecular weight is 275 g/mol.